The molecule has 0 amide bonds. The molecule has 0 unspecified atom stereocenters. The minimum atomic E-state index is -0.434. The summed E-state index contributed by atoms with van der Waals surface area (Å²) in [6.45, 7) is 8.37. The molecule has 0 aromatic heterocycles. The maximum absolute atomic E-state index is 11.4. The number of nitro benzene ring substituents is 2. The van der Waals surface area contributed by atoms with Gasteiger partial charge in [0.25, 0.3) is 11.4 Å². The summed E-state index contributed by atoms with van der Waals surface area (Å²) in [6.07, 6.45) is 6.30. The fourth-order valence-electron chi connectivity index (χ4n) is 7.20. The molecule has 0 saturated carbocycles. The van der Waals surface area contributed by atoms with Gasteiger partial charge in [0.05, 0.1) is 31.1 Å². The van der Waals surface area contributed by atoms with E-state index in [1.807, 2.05) is 30.3 Å². The molecule has 60 heavy (non-hydrogen) atoms. The van der Waals surface area contributed by atoms with Crippen molar-refractivity contribution >= 4 is 95.0 Å². The van der Waals surface area contributed by atoms with Crippen molar-refractivity contribution in [1.82, 2.24) is 0 Å². The van der Waals surface area contributed by atoms with Crippen molar-refractivity contribution in [2.24, 2.45) is 0 Å². The monoisotopic (exact) mass is 988 g/mol. The highest BCUT2D eigenvalue weighted by atomic mass is 79.9. The molecule has 1 heterocycles. The van der Waals surface area contributed by atoms with Crippen molar-refractivity contribution < 1.29 is 19.2 Å². The number of rotatable bonds is 6. The zero-order chi connectivity index (χ0) is 42.8. The Labute approximate surface area is 375 Å². The van der Waals surface area contributed by atoms with Gasteiger partial charge < -0.3 is 9.31 Å². The Morgan fingerprint density at radius 2 is 1.03 bits per heavy atom. The molecule has 0 radical (unpaired) electrons. The first-order chi connectivity index (χ1) is 28.6. The van der Waals surface area contributed by atoms with Crippen LogP contribution in [0.3, 0.4) is 0 Å². The van der Waals surface area contributed by atoms with Gasteiger partial charge in [0.2, 0.25) is 0 Å². The van der Waals surface area contributed by atoms with Crippen molar-refractivity contribution in [1.29, 1.82) is 0 Å². The molecule has 6 aromatic rings. The number of nitrogens with zero attached hydrogens (tertiary/aromatic N) is 2. The first-order valence-electron chi connectivity index (χ1n) is 19.3. The molecule has 6 aromatic carbocycles. The zero-order valence-corrected chi connectivity index (χ0v) is 38.1. The van der Waals surface area contributed by atoms with Crippen LogP contribution in [0.1, 0.15) is 61.1 Å². The topological polar surface area (TPSA) is 105 Å². The van der Waals surface area contributed by atoms with Gasteiger partial charge in [-0.3, -0.25) is 20.2 Å². The number of hydrogen-bond donors (Lipinski definition) is 0. The number of hydrogen-bond acceptors (Lipinski definition) is 6. The van der Waals surface area contributed by atoms with E-state index in [1.54, 1.807) is 30.3 Å². The molecular formula is C48H40BBr3N2O6. The van der Waals surface area contributed by atoms with Gasteiger partial charge in [-0.15, -0.1) is 0 Å². The number of benzene rings is 6. The van der Waals surface area contributed by atoms with Crippen LogP contribution in [0.2, 0.25) is 0 Å². The largest absolute Gasteiger partial charge is 0.494 e. The maximum atomic E-state index is 11.4. The van der Waals surface area contributed by atoms with Crippen LogP contribution in [-0.2, 0) is 22.2 Å². The van der Waals surface area contributed by atoms with E-state index in [1.165, 1.54) is 50.6 Å². The van der Waals surface area contributed by atoms with Crippen molar-refractivity contribution in [2.75, 3.05) is 0 Å². The molecule has 8 nitrogen and oxygen atoms in total. The summed E-state index contributed by atoms with van der Waals surface area (Å²) in [6, 6.07) is 43.3. The standard InChI is InChI=1S/C21H23BO2.C21H14BrNO2.C6H3Br2NO2/c1-20(2)21(3,4)24-22(23-20)19-11-10-16-12-17(13-18(16)14-19)15-8-6-5-7-9-15;22-19-8-9-21(23(24)25)20(13-19)16-7-6-15-10-17(12-18(15)11-16)14-4-2-1-3-5-14;7-4-1-2-6(9(10)11)5(8)3-4/h5-12,14H,13H2,1-4H3;1-11,13H,12H2;1-3H. The van der Waals surface area contributed by atoms with E-state index in [0.717, 1.165) is 32.8 Å². The predicted molar refractivity (Wildman–Crippen MR) is 253 cm³/mol. The van der Waals surface area contributed by atoms with Crippen molar-refractivity contribution in [3.05, 3.63) is 200 Å². The molecule has 2 aliphatic carbocycles. The van der Waals surface area contributed by atoms with E-state index >= 15 is 0 Å². The molecule has 0 N–H and O–H groups in total. The van der Waals surface area contributed by atoms with Crippen LogP contribution in [-0.4, -0.2) is 28.2 Å². The van der Waals surface area contributed by atoms with Crippen molar-refractivity contribution in [3.63, 3.8) is 0 Å². The van der Waals surface area contributed by atoms with Crippen LogP contribution in [0, 0.1) is 20.2 Å². The van der Waals surface area contributed by atoms with Gasteiger partial charge in [-0.25, -0.2) is 0 Å². The highest BCUT2D eigenvalue weighted by Crippen LogP contribution is 2.39. The summed E-state index contributed by atoms with van der Waals surface area (Å²) in [5, 5.41) is 21.7. The Morgan fingerprint density at radius 3 is 1.55 bits per heavy atom. The Bertz CT molecular complexity index is 2650. The first kappa shape index (κ1) is 43.1. The Morgan fingerprint density at radius 1 is 0.550 bits per heavy atom. The van der Waals surface area contributed by atoms with Crippen LogP contribution in [0.15, 0.2) is 147 Å². The number of allylic oxidation sites excluding steroid dienone is 2. The van der Waals surface area contributed by atoms with E-state index < -0.39 is 4.92 Å². The van der Waals surface area contributed by atoms with Crippen LogP contribution in [0.4, 0.5) is 11.4 Å². The number of fused-ring (bicyclic) bond motifs is 2. The molecule has 12 heteroatoms. The second kappa shape index (κ2) is 17.9. The van der Waals surface area contributed by atoms with Gasteiger partial charge in [-0.2, -0.15) is 0 Å². The fourth-order valence-corrected chi connectivity index (χ4v) is 8.76. The molecule has 9 rings (SSSR count). The molecule has 1 saturated heterocycles. The quantitative estimate of drug-likeness (QED) is 0.0935. The molecular weight excluding hydrogens is 951 g/mol. The van der Waals surface area contributed by atoms with Crippen molar-refractivity contribution in [2.45, 2.75) is 51.7 Å². The van der Waals surface area contributed by atoms with Gasteiger partial charge in [0.15, 0.2) is 0 Å². The van der Waals surface area contributed by atoms with E-state index in [4.69, 9.17) is 9.31 Å². The Kier molecular flexibility index (Phi) is 12.9. The average molecular weight is 991 g/mol. The molecule has 0 atom stereocenters. The normalized spacial score (nSPS) is 15.3. The lowest BCUT2D eigenvalue weighted by molar-refractivity contribution is -0.385. The minimum absolute atomic E-state index is 0.0770. The first-order valence-corrected chi connectivity index (χ1v) is 21.6. The zero-order valence-electron chi connectivity index (χ0n) is 33.3. The molecule has 1 aliphatic heterocycles. The fraction of sp³-hybridized carbons (Fsp3) is 0.167. The summed E-state index contributed by atoms with van der Waals surface area (Å²) < 4.78 is 14.5. The highest BCUT2D eigenvalue weighted by molar-refractivity contribution is 9.11. The molecule has 3 aliphatic rings. The molecule has 302 valence electrons. The number of nitro groups is 2. The lowest BCUT2D eigenvalue weighted by atomic mass is 9.78. The van der Waals surface area contributed by atoms with Gasteiger partial charge in [-0.05, 0) is 142 Å². The van der Waals surface area contributed by atoms with Crippen LogP contribution in [0.5, 0.6) is 0 Å². The van der Waals surface area contributed by atoms with Crippen LogP contribution < -0.4 is 5.46 Å². The summed E-state index contributed by atoms with van der Waals surface area (Å²) in [7, 11) is -0.291. The Hall–Kier alpha value is -4.98. The highest BCUT2D eigenvalue weighted by Gasteiger charge is 2.51. The molecule has 1 fully saturated rings. The van der Waals surface area contributed by atoms with Gasteiger partial charge >= 0.3 is 7.12 Å². The second-order valence-electron chi connectivity index (χ2n) is 15.7. The van der Waals surface area contributed by atoms with E-state index in [-0.39, 0.29) is 34.6 Å². The third kappa shape index (κ3) is 9.64. The van der Waals surface area contributed by atoms with Gasteiger partial charge in [0, 0.05) is 21.1 Å². The average Bonchev–Trinajstić information content (AvgIpc) is 3.91. The maximum Gasteiger partial charge on any atom is 0.494 e. The lowest BCUT2D eigenvalue weighted by Gasteiger charge is -2.32. The van der Waals surface area contributed by atoms with E-state index in [0.29, 0.717) is 10.0 Å². The summed E-state index contributed by atoms with van der Waals surface area (Å²) in [5.74, 6) is 0. The minimum Gasteiger partial charge on any atom is -0.399 e. The lowest BCUT2D eigenvalue weighted by Crippen LogP contribution is -2.41. The molecule has 0 spiro atoms. The molecule has 0 bridgehead atoms. The van der Waals surface area contributed by atoms with Crippen molar-refractivity contribution in [3.8, 4) is 11.1 Å². The summed E-state index contributed by atoms with van der Waals surface area (Å²) >= 11 is 9.68. The second-order valence-corrected chi connectivity index (χ2v) is 18.3. The van der Waals surface area contributed by atoms with Crippen LogP contribution in [0.25, 0.3) is 34.4 Å². The Balaban J connectivity index is 0.000000146. The third-order valence-corrected chi connectivity index (χ3v) is 12.7. The summed E-state index contributed by atoms with van der Waals surface area (Å²) in [5.41, 5.74) is 12.4. The van der Waals surface area contributed by atoms with E-state index in [2.05, 4.69) is 154 Å². The third-order valence-electron chi connectivity index (χ3n) is 11.1. The van der Waals surface area contributed by atoms with Gasteiger partial charge in [0.1, 0.15) is 0 Å². The van der Waals surface area contributed by atoms with Crippen LogP contribution >= 0.6 is 47.8 Å². The predicted octanol–water partition coefficient (Wildman–Crippen LogP) is 13.3. The number of halogens is 3. The van der Waals surface area contributed by atoms with Gasteiger partial charge in [-0.1, -0.05) is 135 Å². The van der Waals surface area contributed by atoms with E-state index in [9.17, 15) is 20.2 Å². The SMILES string of the molecule is CC1(C)OB(c2ccc3c(c2)CC(c2ccccc2)=C3)OC1(C)C.O=[N+]([O-])c1ccc(Br)cc1-c1ccc2c(c1)CC(c1ccccc1)=C2.O=[N+]([O-])c1ccc(Br)cc1Br. The summed E-state index contributed by atoms with van der Waals surface area (Å²) in [4.78, 5) is 20.9. The smallest absolute Gasteiger partial charge is 0.399 e.